The highest BCUT2D eigenvalue weighted by molar-refractivity contribution is 5.83. The van der Waals surface area contributed by atoms with Crippen molar-refractivity contribution in [3.8, 4) is 0 Å². The van der Waals surface area contributed by atoms with Gasteiger partial charge in [0.05, 0.1) is 12.1 Å². The molecule has 3 heterocycles. The molecule has 1 fully saturated rings. The standard InChI is InChI=1S/C31H33N7O/c1-22-13-14-26-19-27(31(39)32-28(26)23(22)2)29(30-33-34-35-38(30)21-25-11-7-4-8-12-25)37-17-15-36(16-18-37)20-24-9-5-3-6-10-24/h3-14,19,29H,15-18,20-21H2,1-2H3,(H,32,39)/t29-/m0/s1. The average molecular weight is 520 g/mol. The summed E-state index contributed by atoms with van der Waals surface area (Å²) in [5.74, 6) is 0.684. The van der Waals surface area contributed by atoms with Gasteiger partial charge in [0.15, 0.2) is 5.82 Å². The Bertz CT molecular complexity index is 1620. The van der Waals surface area contributed by atoms with E-state index in [2.05, 4.69) is 98.8 Å². The van der Waals surface area contributed by atoms with Crippen molar-refractivity contribution < 1.29 is 0 Å². The molecule has 1 aliphatic heterocycles. The van der Waals surface area contributed by atoms with E-state index in [1.165, 1.54) is 5.56 Å². The van der Waals surface area contributed by atoms with E-state index in [0.717, 1.165) is 60.3 Å². The minimum absolute atomic E-state index is 0.0952. The van der Waals surface area contributed by atoms with E-state index in [9.17, 15) is 4.79 Å². The van der Waals surface area contributed by atoms with Crippen LogP contribution in [0.4, 0.5) is 0 Å². The monoisotopic (exact) mass is 519 g/mol. The fourth-order valence-electron chi connectivity index (χ4n) is 5.54. The van der Waals surface area contributed by atoms with Crippen molar-refractivity contribution >= 4 is 10.9 Å². The number of piperazine rings is 1. The number of rotatable bonds is 7. The minimum atomic E-state index is -0.364. The summed E-state index contributed by atoms with van der Waals surface area (Å²) in [6.45, 7) is 8.98. The fourth-order valence-corrected chi connectivity index (χ4v) is 5.54. The maximum atomic E-state index is 13.7. The topological polar surface area (TPSA) is 82.9 Å². The van der Waals surface area contributed by atoms with Gasteiger partial charge in [0.2, 0.25) is 0 Å². The molecule has 0 unspecified atom stereocenters. The van der Waals surface area contributed by atoms with E-state index in [1.54, 1.807) is 0 Å². The van der Waals surface area contributed by atoms with Gasteiger partial charge >= 0.3 is 0 Å². The summed E-state index contributed by atoms with van der Waals surface area (Å²) in [4.78, 5) is 21.7. The molecule has 1 atom stereocenters. The number of fused-ring (bicyclic) bond motifs is 1. The number of hydrogen-bond donors (Lipinski definition) is 1. The van der Waals surface area contributed by atoms with Gasteiger partial charge in [-0.05, 0) is 58.0 Å². The molecule has 198 valence electrons. The van der Waals surface area contributed by atoms with Crippen LogP contribution in [0.1, 0.15) is 39.7 Å². The predicted molar refractivity (Wildman–Crippen MR) is 153 cm³/mol. The number of nitrogens with zero attached hydrogens (tertiary/aromatic N) is 6. The highest BCUT2D eigenvalue weighted by Gasteiger charge is 2.32. The first-order chi connectivity index (χ1) is 19.1. The van der Waals surface area contributed by atoms with Gasteiger partial charge in [-0.1, -0.05) is 72.8 Å². The Morgan fingerprint density at radius 3 is 2.21 bits per heavy atom. The lowest BCUT2D eigenvalue weighted by atomic mass is 9.99. The molecule has 0 radical (unpaired) electrons. The van der Waals surface area contributed by atoms with Gasteiger partial charge in [-0.25, -0.2) is 4.68 Å². The molecule has 5 aromatic rings. The normalized spacial score (nSPS) is 15.5. The molecule has 6 rings (SSSR count). The maximum absolute atomic E-state index is 13.7. The van der Waals surface area contributed by atoms with E-state index in [1.807, 2.05) is 28.9 Å². The summed E-state index contributed by atoms with van der Waals surface area (Å²) in [5.41, 5.74) is 6.13. The fraction of sp³-hybridized carbons (Fsp3) is 0.290. The highest BCUT2D eigenvalue weighted by Crippen LogP contribution is 2.29. The van der Waals surface area contributed by atoms with Crippen LogP contribution in [0.2, 0.25) is 0 Å². The largest absolute Gasteiger partial charge is 0.321 e. The predicted octanol–water partition coefficient (Wildman–Crippen LogP) is 4.09. The van der Waals surface area contributed by atoms with Gasteiger partial charge in [-0.15, -0.1) is 5.10 Å². The maximum Gasteiger partial charge on any atom is 0.253 e. The second kappa shape index (κ2) is 10.9. The lowest BCUT2D eigenvalue weighted by Gasteiger charge is -2.38. The van der Waals surface area contributed by atoms with E-state index >= 15 is 0 Å². The molecular formula is C31H33N7O. The molecule has 39 heavy (non-hydrogen) atoms. The number of benzene rings is 3. The van der Waals surface area contributed by atoms with Crippen LogP contribution in [0.3, 0.4) is 0 Å². The van der Waals surface area contributed by atoms with Crippen molar-refractivity contribution in [2.75, 3.05) is 26.2 Å². The lowest BCUT2D eigenvalue weighted by Crippen LogP contribution is -2.48. The van der Waals surface area contributed by atoms with Crippen LogP contribution in [0.5, 0.6) is 0 Å². The van der Waals surface area contributed by atoms with E-state index in [0.29, 0.717) is 17.9 Å². The summed E-state index contributed by atoms with van der Waals surface area (Å²) in [7, 11) is 0. The van der Waals surface area contributed by atoms with Crippen LogP contribution in [-0.2, 0) is 13.1 Å². The number of aromatic amines is 1. The number of pyridine rings is 1. The van der Waals surface area contributed by atoms with E-state index < -0.39 is 0 Å². The van der Waals surface area contributed by atoms with Crippen molar-refractivity contribution in [1.29, 1.82) is 0 Å². The third kappa shape index (κ3) is 5.26. The third-order valence-corrected chi connectivity index (χ3v) is 7.87. The minimum Gasteiger partial charge on any atom is -0.321 e. The quantitative estimate of drug-likeness (QED) is 0.349. The van der Waals surface area contributed by atoms with Crippen molar-refractivity contribution in [2.45, 2.75) is 33.0 Å². The zero-order valence-electron chi connectivity index (χ0n) is 22.4. The molecule has 0 bridgehead atoms. The second-order valence-corrected chi connectivity index (χ2v) is 10.4. The molecule has 0 aliphatic carbocycles. The highest BCUT2D eigenvalue weighted by atomic mass is 16.1. The van der Waals surface area contributed by atoms with Gasteiger partial charge in [-0.2, -0.15) is 0 Å². The molecule has 1 aliphatic rings. The van der Waals surface area contributed by atoms with Crippen LogP contribution in [-0.4, -0.2) is 61.2 Å². The summed E-state index contributed by atoms with van der Waals surface area (Å²) in [6, 6.07) is 26.6. The Morgan fingerprint density at radius 2 is 1.51 bits per heavy atom. The molecule has 1 N–H and O–H groups in total. The summed E-state index contributed by atoms with van der Waals surface area (Å²) < 4.78 is 1.83. The number of aryl methyl sites for hydroxylation is 2. The van der Waals surface area contributed by atoms with Crippen LogP contribution < -0.4 is 5.56 Å². The number of tetrazole rings is 1. The molecule has 8 nitrogen and oxygen atoms in total. The lowest BCUT2D eigenvalue weighted by molar-refractivity contribution is 0.0998. The van der Waals surface area contributed by atoms with Gasteiger partial charge in [0.25, 0.3) is 5.56 Å². The first kappa shape index (κ1) is 25.2. The molecule has 2 aromatic heterocycles. The molecule has 0 saturated carbocycles. The summed E-state index contributed by atoms with van der Waals surface area (Å²) >= 11 is 0. The molecule has 3 aromatic carbocycles. The van der Waals surface area contributed by atoms with Gasteiger partial charge in [0.1, 0.15) is 6.04 Å². The van der Waals surface area contributed by atoms with Crippen LogP contribution in [0.25, 0.3) is 10.9 Å². The Hall–Kier alpha value is -4.14. The van der Waals surface area contributed by atoms with Gasteiger partial charge < -0.3 is 4.98 Å². The van der Waals surface area contributed by atoms with Crippen molar-refractivity contribution in [1.82, 2.24) is 35.0 Å². The number of hydrogen-bond acceptors (Lipinski definition) is 6. The SMILES string of the molecule is Cc1ccc2cc([C@@H](c3nnnn3Cc3ccccc3)N3CCN(Cc4ccccc4)CC3)c(=O)[nH]c2c1C. The number of H-pyrrole nitrogens is 1. The molecule has 8 heteroatoms. The average Bonchev–Trinajstić information content (AvgIpc) is 3.41. The molecule has 0 spiro atoms. The van der Waals surface area contributed by atoms with Crippen molar-refractivity contribution in [3.63, 3.8) is 0 Å². The molecular weight excluding hydrogens is 486 g/mol. The Kier molecular flexibility index (Phi) is 7.04. The van der Waals surface area contributed by atoms with Crippen LogP contribution >= 0.6 is 0 Å². The number of aromatic nitrogens is 5. The van der Waals surface area contributed by atoms with Gasteiger partial charge in [-0.3, -0.25) is 14.6 Å². The Labute approximate surface area is 227 Å². The van der Waals surface area contributed by atoms with Crippen LogP contribution in [0, 0.1) is 13.8 Å². The van der Waals surface area contributed by atoms with E-state index in [-0.39, 0.29) is 11.6 Å². The first-order valence-electron chi connectivity index (χ1n) is 13.5. The molecule has 1 saturated heterocycles. The third-order valence-electron chi connectivity index (χ3n) is 7.87. The first-order valence-corrected chi connectivity index (χ1v) is 13.5. The summed E-state index contributed by atoms with van der Waals surface area (Å²) in [5, 5.41) is 13.9. The summed E-state index contributed by atoms with van der Waals surface area (Å²) in [6.07, 6.45) is 0. The van der Waals surface area contributed by atoms with Crippen molar-refractivity contribution in [3.05, 3.63) is 123 Å². The Balaban J connectivity index is 1.36. The van der Waals surface area contributed by atoms with E-state index in [4.69, 9.17) is 0 Å². The zero-order chi connectivity index (χ0) is 26.8. The number of nitrogens with one attached hydrogen (secondary N) is 1. The van der Waals surface area contributed by atoms with Gasteiger partial charge in [0, 0.05) is 38.3 Å². The smallest absolute Gasteiger partial charge is 0.253 e. The van der Waals surface area contributed by atoms with Crippen molar-refractivity contribution in [2.24, 2.45) is 0 Å². The molecule has 0 amide bonds. The Morgan fingerprint density at radius 1 is 0.846 bits per heavy atom. The van der Waals surface area contributed by atoms with Crippen LogP contribution in [0.15, 0.2) is 83.7 Å². The zero-order valence-corrected chi connectivity index (χ0v) is 22.4. The second-order valence-electron chi connectivity index (χ2n) is 10.4.